The van der Waals surface area contributed by atoms with E-state index in [9.17, 15) is 0 Å². The highest BCUT2D eigenvalue weighted by Crippen LogP contribution is 2.26. The summed E-state index contributed by atoms with van der Waals surface area (Å²) in [5, 5.41) is 3.70. The summed E-state index contributed by atoms with van der Waals surface area (Å²) < 4.78 is 5.23. The van der Waals surface area contributed by atoms with Crippen LogP contribution in [0.25, 0.3) is 28.1 Å². The van der Waals surface area contributed by atoms with Crippen LogP contribution in [0.5, 0.6) is 0 Å². The van der Waals surface area contributed by atoms with E-state index in [-0.39, 0.29) is 0 Å². The fourth-order valence-electron chi connectivity index (χ4n) is 2.61. The van der Waals surface area contributed by atoms with E-state index in [4.69, 9.17) is 16.3 Å². The zero-order valence-electron chi connectivity index (χ0n) is 13.5. The van der Waals surface area contributed by atoms with E-state index >= 15 is 0 Å². The Morgan fingerprint density at radius 3 is 2.96 bits per heavy atom. The summed E-state index contributed by atoms with van der Waals surface area (Å²) in [6, 6.07) is 9.64. The van der Waals surface area contributed by atoms with Crippen LogP contribution >= 0.6 is 11.6 Å². The van der Waals surface area contributed by atoms with Crippen molar-refractivity contribution in [3.8, 4) is 0 Å². The number of pyridine rings is 1. The first kappa shape index (κ1) is 15.5. The Balaban J connectivity index is 1.63. The summed E-state index contributed by atoms with van der Waals surface area (Å²) >= 11 is 5.99. The quantitative estimate of drug-likeness (QED) is 0.354. The van der Waals surface area contributed by atoms with E-state index in [0.29, 0.717) is 17.7 Å². The van der Waals surface area contributed by atoms with Crippen molar-refractivity contribution in [1.29, 1.82) is 0 Å². The Morgan fingerprint density at radius 1 is 1.20 bits per heavy atom. The Morgan fingerprint density at radius 2 is 2.08 bits per heavy atom. The summed E-state index contributed by atoms with van der Waals surface area (Å²) in [4.78, 5) is 15.4. The summed E-state index contributed by atoms with van der Waals surface area (Å²) in [6.07, 6.45) is 5.45. The molecule has 25 heavy (non-hydrogen) atoms. The van der Waals surface area contributed by atoms with Crippen molar-refractivity contribution in [2.45, 2.75) is 6.92 Å². The van der Waals surface area contributed by atoms with Gasteiger partial charge < -0.3 is 20.0 Å². The third-order valence-electron chi connectivity index (χ3n) is 3.77. The maximum atomic E-state index is 5.99. The average Bonchev–Trinajstić information content (AvgIpc) is 3.18. The molecule has 0 bridgehead atoms. The molecule has 0 unspecified atom stereocenters. The Bertz CT molecular complexity index is 1070. The van der Waals surface area contributed by atoms with Crippen LogP contribution in [0.1, 0.15) is 12.5 Å². The van der Waals surface area contributed by atoms with Gasteiger partial charge in [-0.1, -0.05) is 17.7 Å². The van der Waals surface area contributed by atoms with Crippen LogP contribution in [0.2, 0.25) is 5.15 Å². The number of hydrogen-bond acceptors (Lipinski definition) is 4. The smallest absolute Gasteiger partial charge is 0.205 e. The fraction of sp³-hybridized carbons (Fsp3) is 0.111. The second-order valence-electron chi connectivity index (χ2n) is 5.48. The average molecular weight is 354 g/mol. The lowest BCUT2D eigenvalue weighted by Gasteiger charge is -1.99. The highest BCUT2D eigenvalue weighted by Gasteiger charge is 2.09. The molecule has 4 rings (SSSR count). The van der Waals surface area contributed by atoms with Gasteiger partial charge >= 0.3 is 0 Å². The van der Waals surface area contributed by atoms with Crippen molar-refractivity contribution in [2.24, 2.45) is 0 Å². The van der Waals surface area contributed by atoms with Crippen LogP contribution in [0, 0.1) is 0 Å². The number of nitrogens with one attached hydrogen (secondary N) is 3. The van der Waals surface area contributed by atoms with E-state index in [1.165, 1.54) is 0 Å². The molecule has 6 nitrogen and oxygen atoms in total. The van der Waals surface area contributed by atoms with Crippen molar-refractivity contribution in [3.63, 3.8) is 0 Å². The number of imidazole rings is 1. The first-order chi connectivity index (χ1) is 12.2. The van der Waals surface area contributed by atoms with Crippen molar-refractivity contribution >= 4 is 51.4 Å². The molecule has 0 atom stereocenters. The van der Waals surface area contributed by atoms with Crippen LogP contribution in [0.3, 0.4) is 0 Å². The van der Waals surface area contributed by atoms with Crippen LogP contribution in [-0.2, 0) is 4.74 Å². The molecule has 0 aliphatic rings. The minimum atomic E-state index is 0.450. The van der Waals surface area contributed by atoms with Gasteiger partial charge in [0.25, 0.3) is 0 Å². The number of ether oxygens (including phenoxy) is 1. The summed E-state index contributed by atoms with van der Waals surface area (Å²) in [6.45, 7) is 2.60. The SMILES string of the molecule is CCOC=Cc1ccc2[nH]c(Nc3c[nH]c4ccc(Cl)nc34)nc2c1. The zero-order valence-corrected chi connectivity index (χ0v) is 14.3. The van der Waals surface area contributed by atoms with Gasteiger partial charge in [0.2, 0.25) is 5.95 Å². The normalized spacial score (nSPS) is 11.6. The molecule has 0 amide bonds. The molecule has 3 heterocycles. The third-order valence-corrected chi connectivity index (χ3v) is 3.98. The van der Waals surface area contributed by atoms with E-state index in [1.54, 1.807) is 12.3 Å². The van der Waals surface area contributed by atoms with Crippen LogP contribution in [0.4, 0.5) is 11.6 Å². The Hall–Kier alpha value is -2.99. The lowest BCUT2D eigenvalue weighted by atomic mass is 10.2. The molecular weight excluding hydrogens is 338 g/mol. The Kier molecular flexibility index (Phi) is 4.03. The van der Waals surface area contributed by atoms with Crippen molar-refractivity contribution in [2.75, 3.05) is 11.9 Å². The zero-order chi connectivity index (χ0) is 17.2. The first-order valence-corrected chi connectivity index (χ1v) is 8.29. The minimum Gasteiger partial charge on any atom is -0.501 e. The molecule has 0 aliphatic heterocycles. The number of aromatic nitrogens is 4. The van der Waals surface area contributed by atoms with E-state index in [2.05, 4.69) is 25.3 Å². The second kappa shape index (κ2) is 6.49. The van der Waals surface area contributed by atoms with Gasteiger partial charge in [-0.15, -0.1) is 0 Å². The highest BCUT2D eigenvalue weighted by molar-refractivity contribution is 6.29. The van der Waals surface area contributed by atoms with Crippen molar-refractivity contribution < 1.29 is 4.74 Å². The van der Waals surface area contributed by atoms with Gasteiger partial charge in [0, 0.05) is 6.20 Å². The number of fused-ring (bicyclic) bond motifs is 2. The van der Waals surface area contributed by atoms with Gasteiger partial charge in [0.15, 0.2) is 0 Å². The van der Waals surface area contributed by atoms with Crippen LogP contribution in [0.15, 0.2) is 42.8 Å². The predicted octanol–water partition coefficient (Wildman–Crippen LogP) is 4.84. The molecule has 0 aliphatic carbocycles. The maximum absolute atomic E-state index is 5.99. The van der Waals surface area contributed by atoms with E-state index in [0.717, 1.165) is 33.3 Å². The van der Waals surface area contributed by atoms with Gasteiger partial charge in [-0.3, -0.25) is 0 Å². The van der Waals surface area contributed by atoms with Gasteiger partial charge in [-0.05, 0) is 42.8 Å². The molecule has 3 N–H and O–H groups in total. The molecule has 0 saturated heterocycles. The second-order valence-corrected chi connectivity index (χ2v) is 5.86. The molecular formula is C18H16ClN5O. The summed E-state index contributed by atoms with van der Waals surface area (Å²) in [5.74, 6) is 0.642. The Labute approximate surface area is 148 Å². The molecule has 4 aromatic rings. The van der Waals surface area contributed by atoms with Gasteiger partial charge in [-0.2, -0.15) is 0 Å². The molecule has 1 aromatic carbocycles. The molecule has 0 saturated carbocycles. The summed E-state index contributed by atoms with van der Waals surface area (Å²) in [5.41, 5.74) is 5.33. The summed E-state index contributed by atoms with van der Waals surface area (Å²) in [7, 11) is 0. The standard InChI is InChI=1S/C18H16ClN5O/c1-2-25-8-7-11-3-4-12-14(9-11)22-18(21-12)23-15-10-20-13-5-6-16(19)24-17(13)15/h3-10,20H,2H2,1H3,(H2,21,22,23). The lowest BCUT2D eigenvalue weighted by Crippen LogP contribution is -1.91. The monoisotopic (exact) mass is 353 g/mol. The molecule has 126 valence electrons. The number of rotatable bonds is 5. The third kappa shape index (κ3) is 3.16. The molecule has 0 spiro atoms. The molecule has 7 heteroatoms. The lowest BCUT2D eigenvalue weighted by molar-refractivity contribution is 0.272. The topological polar surface area (TPSA) is 78.6 Å². The molecule has 3 aromatic heterocycles. The van der Waals surface area contributed by atoms with Gasteiger partial charge in [0.1, 0.15) is 10.7 Å². The van der Waals surface area contributed by atoms with E-state index < -0.39 is 0 Å². The first-order valence-electron chi connectivity index (χ1n) is 7.91. The van der Waals surface area contributed by atoms with Gasteiger partial charge in [0.05, 0.1) is 35.1 Å². The minimum absolute atomic E-state index is 0.450. The van der Waals surface area contributed by atoms with Crippen LogP contribution in [-0.4, -0.2) is 26.5 Å². The van der Waals surface area contributed by atoms with Crippen molar-refractivity contribution in [1.82, 2.24) is 19.9 Å². The van der Waals surface area contributed by atoms with Gasteiger partial charge in [-0.25, -0.2) is 9.97 Å². The van der Waals surface area contributed by atoms with E-state index in [1.807, 2.05) is 43.5 Å². The predicted molar refractivity (Wildman–Crippen MR) is 101 cm³/mol. The largest absolute Gasteiger partial charge is 0.501 e. The number of aromatic amines is 2. The molecule has 0 radical (unpaired) electrons. The number of nitrogens with zero attached hydrogens (tertiary/aromatic N) is 2. The number of anilines is 2. The number of benzene rings is 1. The number of halogens is 1. The molecule has 0 fully saturated rings. The van der Waals surface area contributed by atoms with Crippen molar-refractivity contribution in [3.05, 3.63) is 53.5 Å². The highest BCUT2D eigenvalue weighted by atomic mass is 35.5. The fourth-order valence-corrected chi connectivity index (χ4v) is 2.75. The number of H-pyrrole nitrogens is 2. The van der Waals surface area contributed by atoms with Crippen LogP contribution < -0.4 is 5.32 Å². The number of hydrogen-bond donors (Lipinski definition) is 3. The maximum Gasteiger partial charge on any atom is 0.205 e.